The summed E-state index contributed by atoms with van der Waals surface area (Å²) in [4.78, 5) is 0. The quantitative estimate of drug-likeness (QED) is 0.746. The topological polar surface area (TPSA) is 96.0 Å². The van der Waals surface area contributed by atoms with Crippen molar-refractivity contribution in [3.05, 3.63) is 0 Å². The molecule has 6 heteroatoms. The smallest absolute Gasteiger partial charge is 0.225 e. The van der Waals surface area contributed by atoms with Gasteiger partial charge in [0.1, 0.15) is 0 Å². The van der Waals surface area contributed by atoms with Crippen molar-refractivity contribution in [1.29, 1.82) is 5.26 Å². The summed E-state index contributed by atoms with van der Waals surface area (Å²) in [6, 6.07) is 1.66. The lowest BCUT2D eigenvalue weighted by molar-refractivity contribution is 0.191. The van der Waals surface area contributed by atoms with Gasteiger partial charge < -0.3 is 5.73 Å². The summed E-state index contributed by atoms with van der Waals surface area (Å²) < 4.78 is 25.9. The number of hydrogen-bond acceptors (Lipinski definition) is 4. The van der Waals surface area contributed by atoms with E-state index < -0.39 is 21.3 Å². The molecule has 0 heterocycles. The molecule has 1 aliphatic carbocycles. The molecule has 92 valence electrons. The molecule has 0 saturated heterocycles. The summed E-state index contributed by atoms with van der Waals surface area (Å²) in [7, 11) is -3.53. The second-order valence-corrected chi connectivity index (χ2v) is 6.25. The Hall–Kier alpha value is -0.640. The van der Waals surface area contributed by atoms with Crippen molar-refractivity contribution in [2.45, 2.75) is 38.1 Å². The first kappa shape index (κ1) is 13.4. The van der Waals surface area contributed by atoms with Crippen LogP contribution in [0.5, 0.6) is 0 Å². The van der Waals surface area contributed by atoms with Gasteiger partial charge in [-0.3, -0.25) is 0 Å². The third-order valence-electron chi connectivity index (χ3n) is 3.43. The minimum absolute atomic E-state index is 0.222. The Bertz CT molecular complexity index is 374. The number of nitrogens with two attached hydrogens (primary N) is 1. The average molecular weight is 245 g/mol. The third-order valence-corrected chi connectivity index (χ3v) is 4.66. The summed E-state index contributed by atoms with van der Waals surface area (Å²) in [5.74, 6) is -0.277. The highest BCUT2D eigenvalue weighted by atomic mass is 32.2. The molecule has 1 fully saturated rings. The zero-order valence-corrected chi connectivity index (χ0v) is 10.4. The van der Waals surface area contributed by atoms with Gasteiger partial charge in [-0.1, -0.05) is 19.8 Å². The lowest BCUT2D eigenvalue weighted by Gasteiger charge is -2.42. The Balaban J connectivity index is 2.85. The Morgan fingerprint density at radius 2 is 2.25 bits per heavy atom. The van der Waals surface area contributed by atoms with Gasteiger partial charge in [-0.2, -0.15) is 5.26 Å². The van der Waals surface area contributed by atoms with E-state index in [4.69, 9.17) is 11.0 Å². The lowest BCUT2D eigenvalue weighted by Crippen LogP contribution is -2.59. The molecule has 2 unspecified atom stereocenters. The third kappa shape index (κ3) is 2.94. The van der Waals surface area contributed by atoms with E-state index >= 15 is 0 Å². The van der Waals surface area contributed by atoms with Gasteiger partial charge in [0.2, 0.25) is 10.0 Å². The van der Waals surface area contributed by atoms with Crippen LogP contribution in [0.15, 0.2) is 0 Å². The molecule has 2 atom stereocenters. The van der Waals surface area contributed by atoms with E-state index in [0.717, 1.165) is 25.7 Å². The zero-order valence-electron chi connectivity index (χ0n) is 9.57. The summed E-state index contributed by atoms with van der Waals surface area (Å²) >= 11 is 0. The normalized spacial score (nSPS) is 30.9. The standard InChI is InChI=1S/C10H19N3O2S/c1-9-4-2-3-5-10(9,8-12)13-16(14,15)7-6-11/h9,13H,2-5,7-8,12H2,1H3. The van der Waals surface area contributed by atoms with Gasteiger partial charge in [-0.15, -0.1) is 0 Å². The second-order valence-electron chi connectivity index (χ2n) is 4.53. The van der Waals surface area contributed by atoms with Crippen LogP contribution in [0.4, 0.5) is 0 Å². The van der Waals surface area contributed by atoms with Crippen LogP contribution in [0.3, 0.4) is 0 Å². The van der Waals surface area contributed by atoms with Crippen molar-refractivity contribution in [3.8, 4) is 6.07 Å². The van der Waals surface area contributed by atoms with Gasteiger partial charge in [0.25, 0.3) is 0 Å². The van der Waals surface area contributed by atoms with Gasteiger partial charge in [0.15, 0.2) is 5.75 Å². The van der Waals surface area contributed by atoms with Crippen molar-refractivity contribution in [1.82, 2.24) is 4.72 Å². The monoisotopic (exact) mass is 245 g/mol. The SMILES string of the molecule is CC1CCCCC1(CN)NS(=O)(=O)CC#N. The highest BCUT2D eigenvalue weighted by Crippen LogP contribution is 2.33. The minimum atomic E-state index is -3.53. The van der Waals surface area contributed by atoms with Gasteiger partial charge >= 0.3 is 0 Å². The first-order valence-corrected chi connectivity index (χ1v) is 7.20. The summed E-state index contributed by atoms with van der Waals surface area (Å²) in [5.41, 5.74) is 5.17. The molecule has 0 bridgehead atoms. The maximum Gasteiger partial charge on any atom is 0.225 e. The van der Waals surface area contributed by atoms with Gasteiger partial charge in [0, 0.05) is 12.1 Å². The van der Waals surface area contributed by atoms with Crippen LogP contribution >= 0.6 is 0 Å². The number of nitrogens with one attached hydrogen (secondary N) is 1. The molecule has 1 aliphatic rings. The van der Waals surface area contributed by atoms with E-state index in [1.54, 1.807) is 6.07 Å². The lowest BCUT2D eigenvalue weighted by atomic mass is 9.74. The van der Waals surface area contributed by atoms with Crippen molar-refractivity contribution in [3.63, 3.8) is 0 Å². The van der Waals surface area contributed by atoms with Crippen LogP contribution in [-0.4, -0.2) is 26.3 Å². The second kappa shape index (κ2) is 5.13. The van der Waals surface area contributed by atoms with Crippen LogP contribution in [0.2, 0.25) is 0 Å². The highest BCUT2D eigenvalue weighted by molar-refractivity contribution is 7.89. The fraction of sp³-hybridized carbons (Fsp3) is 0.900. The van der Waals surface area contributed by atoms with Gasteiger partial charge in [-0.25, -0.2) is 13.1 Å². The van der Waals surface area contributed by atoms with E-state index in [0.29, 0.717) is 6.54 Å². The van der Waals surface area contributed by atoms with E-state index in [2.05, 4.69) is 4.72 Å². The average Bonchev–Trinajstić information content (AvgIpc) is 2.21. The van der Waals surface area contributed by atoms with Gasteiger partial charge in [0.05, 0.1) is 6.07 Å². The molecule has 1 rings (SSSR count). The highest BCUT2D eigenvalue weighted by Gasteiger charge is 2.39. The first-order valence-electron chi connectivity index (χ1n) is 5.54. The van der Waals surface area contributed by atoms with Crippen molar-refractivity contribution in [2.75, 3.05) is 12.3 Å². The zero-order chi connectivity index (χ0) is 12.2. The van der Waals surface area contributed by atoms with E-state index in [-0.39, 0.29) is 5.92 Å². The summed E-state index contributed by atoms with van der Waals surface area (Å²) in [5, 5.41) is 8.45. The Morgan fingerprint density at radius 3 is 2.75 bits per heavy atom. The number of nitrogens with zero attached hydrogens (tertiary/aromatic N) is 1. The molecule has 0 radical (unpaired) electrons. The van der Waals surface area contributed by atoms with Crippen molar-refractivity contribution >= 4 is 10.0 Å². The number of nitriles is 1. The molecule has 0 aromatic heterocycles. The van der Waals surface area contributed by atoms with Crippen LogP contribution in [0.25, 0.3) is 0 Å². The van der Waals surface area contributed by atoms with Crippen molar-refractivity contribution in [2.24, 2.45) is 11.7 Å². The summed E-state index contributed by atoms with van der Waals surface area (Å²) in [6.45, 7) is 2.31. The molecule has 3 N–H and O–H groups in total. The molecule has 0 spiro atoms. The van der Waals surface area contributed by atoms with E-state index in [1.807, 2.05) is 6.92 Å². The Labute approximate surface area is 97.1 Å². The van der Waals surface area contributed by atoms with Crippen LogP contribution in [0, 0.1) is 17.2 Å². The maximum absolute atomic E-state index is 11.6. The van der Waals surface area contributed by atoms with Gasteiger partial charge in [-0.05, 0) is 18.8 Å². The fourth-order valence-corrected chi connectivity index (χ4v) is 3.59. The molecule has 16 heavy (non-hydrogen) atoms. The Morgan fingerprint density at radius 1 is 1.56 bits per heavy atom. The fourth-order valence-electron chi connectivity index (χ4n) is 2.34. The number of sulfonamides is 1. The van der Waals surface area contributed by atoms with Crippen LogP contribution in [-0.2, 0) is 10.0 Å². The predicted octanol–water partition coefficient (Wildman–Crippen LogP) is 0.337. The summed E-state index contributed by atoms with van der Waals surface area (Å²) in [6.07, 6.45) is 3.83. The number of hydrogen-bond donors (Lipinski definition) is 2. The minimum Gasteiger partial charge on any atom is -0.329 e. The first-order chi connectivity index (χ1) is 7.46. The molecule has 0 amide bonds. The molecular weight excluding hydrogens is 226 g/mol. The maximum atomic E-state index is 11.6. The predicted molar refractivity (Wildman–Crippen MR) is 62.0 cm³/mol. The van der Waals surface area contributed by atoms with E-state index in [1.165, 1.54) is 0 Å². The molecule has 0 aliphatic heterocycles. The molecule has 0 aromatic carbocycles. The van der Waals surface area contributed by atoms with Crippen LogP contribution < -0.4 is 10.5 Å². The molecular formula is C10H19N3O2S. The van der Waals surface area contributed by atoms with E-state index in [9.17, 15) is 8.42 Å². The largest absolute Gasteiger partial charge is 0.329 e. The Kier molecular flexibility index (Phi) is 4.30. The molecule has 1 saturated carbocycles. The molecule has 5 nitrogen and oxygen atoms in total. The van der Waals surface area contributed by atoms with Crippen LogP contribution in [0.1, 0.15) is 32.6 Å². The number of rotatable bonds is 4. The molecule has 0 aromatic rings. The van der Waals surface area contributed by atoms with Crippen molar-refractivity contribution < 1.29 is 8.42 Å².